The Balaban J connectivity index is 1.55. The second-order valence-corrected chi connectivity index (χ2v) is 17.5. The number of rotatable bonds is 6. The van der Waals surface area contributed by atoms with Gasteiger partial charge in [-0.05, 0) is 89.0 Å². The van der Waals surface area contributed by atoms with Crippen molar-refractivity contribution in [2.24, 2.45) is 0 Å². The number of hydrogen-bond acceptors (Lipinski definition) is 2. The maximum Gasteiger partial charge on any atom is 0.254 e. The number of allylic oxidation sites excluding steroid dienone is 5. The van der Waals surface area contributed by atoms with E-state index >= 15 is 0 Å². The smallest absolute Gasteiger partial charge is 0.254 e. The molecular weight excluding hydrogens is 531 g/mol. The Labute approximate surface area is 254 Å². The fourth-order valence-corrected chi connectivity index (χ4v) is 10.5. The molecule has 0 aromatic heterocycles. The average molecular weight is 579 g/mol. The molecule has 220 valence electrons. The lowest BCUT2D eigenvalue weighted by atomic mass is 9.87. The molecule has 0 spiro atoms. The first-order valence-electron chi connectivity index (χ1n) is 16.4. The highest BCUT2D eigenvalue weighted by Gasteiger charge is 2.41. The maximum atomic E-state index is 13.9. The van der Waals surface area contributed by atoms with E-state index in [0.29, 0.717) is 0 Å². The second-order valence-electron chi connectivity index (χ2n) is 13.2. The van der Waals surface area contributed by atoms with E-state index in [2.05, 4.69) is 78.1 Å². The Hall–Kier alpha value is -3.18. The van der Waals surface area contributed by atoms with Crippen LogP contribution in [0.4, 0.5) is 5.69 Å². The van der Waals surface area contributed by atoms with Gasteiger partial charge in [0.05, 0.1) is 0 Å². The van der Waals surface area contributed by atoms with Crippen molar-refractivity contribution < 1.29 is 9.37 Å². The molecule has 2 fully saturated rings. The number of unbranched alkanes of at least 4 members (excludes halogenated alkanes) is 1. The summed E-state index contributed by atoms with van der Waals surface area (Å²) in [6.45, 7) is 12.6. The van der Waals surface area contributed by atoms with Crippen molar-refractivity contribution in [3.8, 4) is 0 Å². The summed E-state index contributed by atoms with van der Waals surface area (Å²) in [6, 6.07) is 15.6. The fourth-order valence-electron chi connectivity index (χ4n) is 7.40. The lowest BCUT2D eigenvalue weighted by Crippen LogP contribution is -2.50. The molecule has 0 unspecified atom stereocenters. The van der Waals surface area contributed by atoms with E-state index in [-0.39, 0.29) is 5.91 Å². The molecule has 4 nitrogen and oxygen atoms in total. The third kappa shape index (κ3) is 5.37. The van der Waals surface area contributed by atoms with Gasteiger partial charge in [-0.25, -0.2) is 4.58 Å². The quantitative estimate of drug-likeness (QED) is 0.274. The molecule has 0 radical (unpaired) electrons. The van der Waals surface area contributed by atoms with Gasteiger partial charge in [0.25, 0.3) is 5.91 Å². The normalized spacial score (nSPS) is 19.8. The van der Waals surface area contributed by atoms with Crippen LogP contribution in [0.25, 0.3) is 5.57 Å². The molecule has 0 saturated carbocycles. The van der Waals surface area contributed by atoms with Gasteiger partial charge in [-0.3, -0.25) is 4.79 Å². The summed E-state index contributed by atoms with van der Waals surface area (Å²) in [5, 5.41) is 3.01. The first-order valence-corrected chi connectivity index (χ1v) is 19.4. The van der Waals surface area contributed by atoms with Crippen molar-refractivity contribution in [2.45, 2.75) is 71.4 Å². The third-order valence-electron chi connectivity index (χ3n) is 9.95. The highest BCUT2D eigenvalue weighted by atomic mass is 28.3. The summed E-state index contributed by atoms with van der Waals surface area (Å²) < 4.78 is 2.59. The SMILES string of the molecule is CCCCN(C)C(=O)c1ccccc1C1=C2C=CC(=[N+]3CCCCC3)C=C2[Si](C)(C)c2cc(N3CCCCC3)ccc21. The summed E-state index contributed by atoms with van der Waals surface area (Å²) in [4.78, 5) is 18.4. The van der Waals surface area contributed by atoms with Crippen LogP contribution >= 0.6 is 0 Å². The maximum absolute atomic E-state index is 13.9. The van der Waals surface area contributed by atoms with Crippen molar-refractivity contribution >= 4 is 36.1 Å². The Morgan fingerprint density at radius 2 is 1.67 bits per heavy atom. The number of fused-ring (bicyclic) bond motifs is 2. The zero-order chi connectivity index (χ0) is 29.3. The fraction of sp³-hybridized carbons (Fsp3) is 0.459. The lowest BCUT2D eigenvalue weighted by Gasteiger charge is -2.39. The first-order chi connectivity index (χ1) is 20.4. The van der Waals surface area contributed by atoms with E-state index < -0.39 is 8.07 Å². The molecule has 42 heavy (non-hydrogen) atoms. The summed E-state index contributed by atoms with van der Waals surface area (Å²) in [7, 11) is -0.0975. The molecule has 2 saturated heterocycles. The summed E-state index contributed by atoms with van der Waals surface area (Å²) >= 11 is 0. The molecule has 3 heterocycles. The number of hydrogen-bond donors (Lipinski definition) is 0. The highest BCUT2D eigenvalue weighted by molar-refractivity contribution is 6.98. The van der Waals surface area contributed by atoms with Crippen LogP contribution in [0.5, 0.6) is 0 Å². The minimum Gasteiger partial charge on any atom is -0.372 e. The zero-order valence-corrected chi connectivity index (χ0v) is 27.2. The molecular formula is C37H48N3OSi+. The highest BCUT2D eigenvalue weighted by Crippen LogP contribution is 2.43. The molecule has 1 amide bonds. The van der Waals surface area contributed by atoms with E-state index in [4.69, 9.17) is 0 Å². The van der Waals surface area contributed by atoms with Crippen LogP contribution in [-0.4, -0.2) is 68.9 Å². The zero-order valence-electron chi connectivity index (χ0n) is 26.2. The monoisotopic (exact) mass is 578 g/mol. The van der Waals surface area contributed by atoms with Crippen LogP contribution in [0.2, 0.25) is 13.1 Å². The van der Waals surface area contributed by atoms with Crippen LogP contribution in [0.1, 0.15) is 79.8 Å². The van der Waals surface area contributed by atoms with Crippen molar-refractivity contribution in [1.29, 1.82) is 0 Å². The Kier molecular flexibility index (Phi) is 8.40. The predicted molar refractivity (Wildman–Crippen MR) is 180 cm³/mol. The molecule has 4 aliphatic rings. The summed E-state index contributed by atoms with van der Waals surface area (Å²) in [6.07, 6.45) is 17.1. The molecule has 1 aliphatic carbocycles. The van der Waals surface area contributed by atoms with E-state index in [1.54, 1.807) is 0 Å². The first kappa shape index (κ1) is 28.9. The van der Waals surface area contributed by atoms with Crippen LogP contribution < -0.4 is 10.1 Å². The van der Waals surface area contributed by atoms with E-state index in [1.807, 2.05) is 24.1 Å². The number of carbonyl (C=O) groups excluding carboxylic acids is 1. The van der Waals surface area contributed by atoms with Crippen LogP contribution in [0, 0.1) is 0 Å². The molecule has 5 heteroatoms. The van der Waals surface area contributed by atoms with E-state index in [1.165, 1.54) is 77.0 Å². The Morgan fingerprint density at radius 3 is 2.43 bits per heavy atom. The van der Waals surface area contributed by atoms with Crippen molar-refractivity contribution in [2.75, 3.05) is 44.7 Å². The van der Waals surface area contributed by atoms with Crippen LogP contribution in [0.15, 0.2) is 71.5 Å². The summed E-state index contributed by atoms with van der Waals surface area (Å²) in [5.41, 5.74) is 8.48. The number of amides is 1. The number of piperidine rings is 2. The van der Waals surface area contributed by atoms with E-state index in [0.717, 1.165) is 56.7 Å². The second kappa shape index (κ2) is 12.2. The van der Waals surface area contributed by atoms with Crippen molar-refractivity contribution in [3.05, 3.63) is 88.2 Å². The van der Waals surface area contributed by atoms with Gasteiger partial charge in [-0.2, -0.15) is 0 Å². The Bertz CT molecular complexity index is 1480. The number of nitrogens with zero attached hydrogens (tertiary/aromatic N) is 3. The number of carbonyl (C=O) groups is 1. The average Bonchev–Trinajstić information content (AvgIpc) is 3.04. The lowest BCUT2D eigenvalue weighted by molar-refractivity contribution is -0.535. The van der Waals surface area contributed by atoms with Gasteiger partial charge >= 0.3 is 0 Å². The van der Waals surface area contributed by atoms with Crippen molar-refractivity contribution in [3.63, 3.8) is 0 Å². The molecule has 2 aromatic rings. The number of benzene rings is 2. The topological polar surface area (TPSA) is 26.6 Å². The molecule has 3 aliphatic heterocycles. The van der Waals surface area contributed by atoms with Gasteiger partial charge in [-0.1, -0.05) is 50.7 Å². The third-order valence-corrected chi connectivity index (χ3v) is 13.5. The van der Waals surface area contributed by atoms with Crippen LogP contribution in [0.3, 0.4) is 0 Å². The predicted octanol–water partition coefficient (Wildman–Crippen LogP) is 6.95. The van der Waals surface area contributed by atoms with Gasteiger partial charge in [-0.15, -0.1) is 0 Å². The standard InChI is InChI=1S/C37H48N3OSi/c1-5-6-21-38(2)37(41)31-16-10-9-15-30(31)36-32-19-17-28(39-22-11-7-12-23-39)26-34(32)42(3,4)35-27-29(18-20-33(35)36)40-24-13-8-14-25-40/h9-10,15-20,26-27H,5-8,11-14,21-25H2,1-4H3/q+1. The number of anilines is 1. The molecule has 6 rings (SSSR count). The Morgan fingerprint density at radius 1 is 0.929 bits per heavy atom. The van der Waals surface area contributed by atoms with Gasteiger partial charge in [0, 0.05) is 62.9 Å². The van der Waals surface area contributed by atoms with E-state index in [9.17, 15) is 4.79 Å². The molecule has 2 aromatic carbocycles. The molecule has 0 atom stereocenters. The molecule has 0 N–H and O–H groups in total. The minimum absolute atomic E-state index is 0.117. The molecule has 0 bridgehead atoms. The van der Waals surface area contributed by atoms with Gasteiger partial charge in [0.1, 0.15) is 21.2 Å². The minimum atomic E-state index is -2.05. The van der Waals surface area contributed by atoms with Crippen molar-refractivity contribution in [1.82, 2.24) is 4.90 Å². The largest absolute Gasteiger partial charge is 0.372 e. The van der Waals surface area contributed by atoms with Gasteiger partial charge in [0.2, 0.25) is 0 Å². The van der Waals surface area contributed by atoms with Gasteiger partial charge < -0.3 is 9.80 Å². The van der Waals surface area contributed by atoms with Crippen LogP contribution in [-0.2, 0) is 0 Å². The van der Waals surface area contributed by atoms with Gasteiger partial charge in [0.15, 0.2) is 5.71 Å². The summed E-state index contributed by atoms with van der Waals surface area (Å²) in [5.74, 6) is 0.117.